The van der Waals surface area contributed by atoms with Crippen molar-refractivity contribution in [2.45, 2.75) is 0 Å². The van der Waals surface area contributed by atoms with Gasteiger partial charge in [0.15, 0.2) is 5.13 Å². The number of nitrogen functional groups attached to an aromatic ring is 2. The van der Waals surface area contributed by atoms with Crippen LogP contribution in [0.1, 0.15) is 0 Å². The van der Waals surface area contributed by atoms with Crippen molar-refractivity contribution in [3.63, 3.8) is 0 Å². The standard InChI is InChI=1S/C8H8N4S/c9-5-1-2-11-6(3-5)7-4-13-8(10)12-7/h1-4H,(H2,9,11)(H2,10,12). The zero-order valence-corrected chi connectivity index (χ0v) is 7.58. The molecule has 0 bridgehead atoms. The molecule has 4 nitrogen and oxygen atoms in total. The van der Waals surface area contributed by atoms with Gasteiger partial charge in [0.05, 0.1) is 5.69 Å². The summed E-state index contributed by atoms with van der Waals surface area (Å²) in [7, 11) is 0. The van der Waals surface area contributed by atoms with E-state index in [-0.39, 0.29) is 0 Å². The van der Waals surface area contributed by atoms with Crippen LogP contribution in [-0.4, -0.2) is 9.97 Å². The monoisotopic (exact) mass is 192 g/mol. The maximum Gasteiger partial charge on any atom is 0.180 e. The van der Waals surface area contributed by atoms with Crippen molar-refractivity contribution in [3.8, 4) is 11.4 Å². The molecule has 0 atom stereocenters. The fourth-order valence-corrected chi connectivity index (χ4v) is 1.55. The highest BCUT2D eigenvalue weighted by atomic mass is 32.1. The number of aromatic nitrogens is 2. The summed E-state index contributed by atoms with van der Waals surface area (Å²) >= 11 is 1.39. The molecule has 13 heavy (non-hydrogen) atoms. The molecule has 0 aliphatic carbocycles. The minimum atomic E-state index is 0.541. The van der Waals surface area contributed by atoms with Crippen molar-refractivity contribution in [2.75, 3.05) is 11.5 Å². The van der Waals surface area contributed by atoms with Crippen LogP contribution in [0.5, 0.6) is 0 Å². The van der Waals surface area contributed by atoms with Gasteiger partial charge in [-0.05, 0) is 12.1 Å². The van der Waals surface area contributed by atoms with Crippen LogP contribution >= 0.6 is 11.3 Å². The van der Waals surface area contributed by atoms with E-state index in [2.05, 4.69) is 9.97 Å². The van der Waals surface area contributed by atoms with Gasteiger partial charge in [-0.25, -0.2) is 4.98 Å². The van der Waals surface area contributed by atoms with E-state index in [0.29, 0.717) is 10.8 Å². The van der Waals surface area contributed by atoms with E-state index in [1.165, 1.54) is 11.3 Å². The van der Waals surface area contributed by atoms with E-state index in [9.17, 15) is 0 Å². The van der Waals surface area contributed by atoms with E-state index < -0.39 is 0 Å². The van der Waals surface area contributed by atoms with E-state index in [4.69, 9.17) is 11.5 Å². The smallest absolute Gasteiger partial charge is 0.180 e. The Bertz CT molecular complexity index is 424. The molecule has 66 valence electrons. The lowest BCUT2D eigenvalue weighted by Crippen LogP contribution is -1.89. The second-order valence-corrected chi connectivity index (χ2v) is 3.44. The van der Waals surface area contributed by atoms with Crippen molar-refractivity contribution in [1.82, 2.24) is 9.97 Å². The van der Waals surface area contributed by atoms with Gasteiger partial charge >= 0.3 is 0 Å². The third-order valence-electron chi connectivity index (χ3n) is 1.57. The van der Waals surface area contributed by atoms with Gasteiger partial charge in [-0.1, -0.05) is 0 Å². The van der Waals surface area contributed by atoms with E-state index in [1.54, 1.807) is 18.3 Å². The summed E-state index contributed by atoms with van der Waals surface area (Å²) in [6.45, 7) is 0. The lowest BCUT2D eigenvalue weighted by molar-refractivity contribution is 1.28. The molecule has 0 saturated carbocycles. The maximum atomic E-state index is 5.61. The molecule has 0 fully saturated rings. The van der Waals surface area contributed by atoms with E-state index >= 15 is 0 Å². The van der Waals surface area contributed by atoms with Crippen molar-refractivity contribution >= 4 is 22.2 Å². The molecule has 0 aliphatic rings. The Morgan fingerprint density at radius 1 is 1.23 bits per heavy atom. The Kier molecular flexibility index (Phi) is 1.86. The molecule has 2 heterocycles. The van der Waals surface area contributed by atoms with Gasteiger partial charge in [0.25, 0.3) is 0 Å². The minimum absolute atomic E-state index is 0.541. The first kappa shape index (κ1) is 8.00. The second-order valence-electron chi connectivity index (χ2n) is 2.55. The Hall–Kier alpha value is -1.62. The van der Waals surface area contributed by atoms with Crippen molar-refractivity contribution in [2.24, 2.45) is 0 Å². The van der Waals surface area contributed by atoms with Gasteiger partial charge in [0, 0.05) is 17.3 Å². The molecule has 2 rings (SSSR count). The lowest BCUT2D eigenvalue weighted by Gasteiger charge is -1.95. The molecule has 5 heteroatoms. The normalized spacial score (nSPS) is 10.2. The molecular formula is C8H8N4S. The van der Waals surface area contributed by atoms with Gasteiger partial charge in [-0.2, -0.15) is 0 Å². The Balaban J connectivity index is 2.46. The van der Waals surface area contributed by atoms with Crippen LogP contribution in [-0.2, 0) is 0 Å². The van der Waals surface area contributed by atoms with Crippen LogP contribution in [0.4, 0.5) is 10.8 Å². The summed E-state index contributed by atoms with van der Waals surface area (Å²) < 4.78 is 0. The molecule has 0 saturated heterocycles. The number of nitrogens with two attached hydrogens (primary N) is 2. The number of hydrogen-bond donors (Lipinski definition) is 2. The summed E-state index contributed by atoms with van der Waals surface area (Å²) in [5.74, 6) is 0. The number of rotatable bonds is 1. The molecule has 0 aromatic carbocycles. The highest BCUT2D eigenvalue weighted by Crippen LogP contribution is 2.22. The second kappa shape index (κ2) is 3.02. The molecule has 0 amide bonds. The summed E-state index contributed by atoms with van der Waals surface area (Å²) in [5.41, 5.74) is 13.3. The van der Waals surface area contributed by atoms with Crippen LogP contribution in [0.15, 0.2) is 23.7 Å². The van der Waals surface area contributed by atoms with Gasteiger partial charge in [0.1, 0.15) is 5.69 Å². The molecule has 0 aliphatic heterocycles. The molecule has 0 unspecified atom stereocenters. The molecule has 0 radical (unpaired) electrons. The van der Waals surface area contributed by atoms with Crippen LogP contribution in [0.3, 0.4) is 0 Å². The molecule has 2 aromatic rings. The Labute approximate surface area is 79.2 Å². The topological polar surface area (TPSA) is 77.8 Å². The maximum absolute atomic E-state index is 5.61. The van der Waals surface area contributed by atoms with Crippen molar-refractivity contribution in [1.29, 1.82) is 0 Å². The first-order valence-corrected chi connectivity index (χ1v) is 4.56. The largest absolute Gasteiger partial charge is 0.399 e. The SMILES string of the molecule is Nc1ccnc(-c2csc(N)n2)c1. The molecule has 4 N–H and O–H groups in total. The molecule has 0 spiro atoms. The predicted octanol–water partition coefficient (Wildman–Crippen LogP) is 1.37. The number of thiazole rings is 1. The van der Waals surface area contributed by atoms with Gasteiger partial charge in [-0.15, -0.1) is 11.3 Å². The Morgan fingerprint density at radius 3 is 2.69 bits per heavy atom. The zero-order chi connectivity index (χ0) is 9.26. The third kappa shape index (κ3) is 1.59. The van der Waals surface area contributed by atoms with Gasteiger partial charge in [0.2, 0.25) is 0 Å². The quantitative estimate of drug-likeness (QED) is 0.715. The van der Waals surface area contributed by atoms with Crippen LogP contribution in [0.2, 0.25) is 0 Å². The third-order valence-corrected chi connectivity index (χ3v) is 2.24. The average Bonchev–Trinajstić information content (AvgIpc) is 2.52. The fourth-order valence-electron chi connectivity index (χ4n) is 0.992. The summed E-state index contributed by atoms with van der Waals surface area (Å²) in [6, 6.07) is 3.51. The first-order chi connectivity index (χ1) is 6.25. The fraction of sp³-hybridized carbons (Fsp3) is 0. The lowest BCUT2D eigenvalue weighted by atomic mass is 10.3. The van der Waals surface area contributed by atoms with Crippen molar-refractivity contribution < 1.29 is 0 Å². The van der Waals surface area contributed by atoms with Gasteiger partial charge in [-0.3, -0.25) is 4.98 Å². The summed E-state index contributed by atoms with van der Waals surface area (Å²) in [4.78, 5) is 8.23. The number of pyridine rings is 1. The number of hydrogen-bond acceptors (Lipinski definition) is 5. The van der Waals surface area contributed by atoms with Crippen LogP contribution in [0, 0.1) is 0 Å². The minimum Gasteiger partial charge on any atom is -0.399 e. The highest BCUT2D eigenvalue weighted by molar-refractivity contribution is 7.13. The predicted molar refractivity (Wildman–Crippen MR) is 54.2 cm³/mol. The Morgan fingerprint density at radius 2 is 2.08 bits per heavy atom. The van der Waals surface area contributed by atoms with Crippen LogP contribution < -0.4 is 11.5 Å². The van der Waals surface area contributed by atoms with Crippen LogP contribution in [0.25, 0.3) is 11.4 Å². The summed E-state index contributed by atoms with van der Waals surface area (Å²) in [5, 5.41) is 2.40. The van der Waals surface area contributed by atoms with Crippen molar-refractivity contribution in [3.05, 3.63) is 23.7 Å². The molecule has 2 aromatic heterocycles. The average molecular weight is 192 g/mol. The first-order valence-electron chi connectivity index (χ1n) is 3.68. The van der Waals surface area contributed by atoms with E-state index in [1.807, 2.05) is 5.38 Å². The molecular weight excluding hydrogens is 184 g/mol. The highest BCUT2D eigenvalue weighted by Gasteiger charge is 2.03. The summed E-state index contributed by atoms with van der Waals surface area (Å²) in [6.07, 6.45) is 1.65. The van der Waals surface area contributed by atoms with Gasteiger partial charge < -0.3 is 11.5 Å². The number of nitrogens with zero attached hydrogens (tertiary/aromatic N) is 2. The number of anilines is 2. The zero-order valence-electron chi connectivity index (χ0n) is 6.77. The van der Waals surface area contributed by atoms with E-state index in [0.717, 1.165) is 11.4 Å².